The first-order valence-electron chi connectivity index (χ1n) is 33.8. The Hall–Kier alpha value is -2.11. The van der Waals surface area contributed by atoms with Gasteiger partial charge in [0, 0.05) is 19.3 Å². The molecule has 0 amide bonds. The highest BCUT2D eigenvalue weighted by Crippen LogP contribution is 2.18. The first-order chi connectivity index (χ1) is 37.0. The number of hydrogen-bond acceptors (Lipinski definition) is 6. The number of esters is 3. The molecule has 0 rings (SSSR count). The van der Waals surface area contributed by atoms with Crippen molar-refractivity contribution in [1.29, 1.82) is 0 Å². The monoisotopic (exact) mass is 1050 g/mol. The second-order valence-electron chi connectivity index (χ2n) is 23.1. The van der Waals surface area contributed by atoms with Gasteiger partial charge in [-0.05, 0) is 51.4 Å². The molecule has 0 aromatic heterocycles. The summed E-state index contributed by atoms with van der Waals surface area (Å²) in [5.74, 6) is -0.835. The van der Waals surface area contributed by atoms with Crippen LogP contribution in [0.3, 0.4) is 0 Å². The van der Waals surface area contributed by atoms with Gasteiger partial charge in [-0.15, -0.1) is 0 Å². The lowest BCUT2D eigenvalue weighted by Crippen LogP contribution is -2.30. The minimum absolute atomic E-state index is 0.0649. The third-order valence-corrected chi connectivity index (χ3v) is 15.5. The molecule has 0 bridgehead atoms. The second-order valence-corrected chi connectivity index (χ2v) is 23.1. The number of carbonyl (C=O) groups is 3. The second kappa shape index (κ2) is 64.4. The van der Waals surface area contributed by atoms with Gasteiger partial charge in [-0.1, -0.05) is 334 Å². The first kappa shape index (κ1) is 72.9. The summed E-state index contributed by atoms with van der Waals surface area (Å²) in [5, 5.41) is 0. The van der Waals surface area contributed by atoms with E-state index in [-0.39, 0.29) is 31.1 Å². The van der Waals surface area contributed by atoms with Crippen LogP contribution in [0.15, 0.2) is 24.3 Å². The quantitative estimate of drug-likeness (QED) is 0.0261. The van der Waals surface area contributed by atoms with Crippen LogP contribution in [0.1, 0.15) is 380 Å². The number of allylic oxidation sites excluding steroid dienone is 4. The highest BCUT2D eigenvalue weighted by Gasteiger charge is 2.19. The van der Waals surface area contributed by atoms with E-state index in [2.05, 4.69) is 45.1 Å². The van der Waals surface area contributed by atoms with Crippen LogP contribution in [0, 0.1) is 0 Å². The van der Waals surface area contributed by atoms with E-state index >= 15 is 0 Å². The van der Waals surface area contributed by atoms with Crippen molar-refractivity contribution in [2.75, 3.05) is 13.2 Å². The Kier molecular flexibility index (Phi) is 62.6. The maximum absolute atomic E-state index is 12.9. The van der Waals surface area contributed by atoms with E-state index in [0.29, 0.717) is 19.3 Å². The summed E-state index contributed by atoms with van der Waals surface area (Å²) in [7, 11) is 0. The molecule has 0 aliphatic carbocycles. The molecule has 0 aromatic carbocycles. The number of rotatable bonds is 63. The van der Waals surface area contributed by atoms with Crippen LogP contribution in [0.5, 0.6) is 0 Å². The highest BCUT2D eigenvalue weighted by atomic mass is 16.6. The summed E-state index contributed by atoms with van der Waals surface area (Å²) in [4.78, 5) is 38.4. The van der Waals surface area contributed by atoms with E-state index in [0.717, 1.165) is 64.2 Å². The smallest absolute Gasteiger partial charge is 0.306 e. The van der Waals surface area contributed by atoms with Crippen LogP contribution in [0.25, 0.3) is 0 Å². The molecule has 0 saturated carbocycles. The summed E-state index contributed by atoms with van der Waals surface area (Å²) in [6.07, 6.45) is 77.6. The van der Waals surface area contributed by atoms with Crippen molar-refractivity contribution >= 4 is 17.9 Å². The summed E-state index contributed by atoms with van der Waals surface area (Å²) < 4.78 is 17.0. The van der Waals surface area contributed by atoms with E-state index in [9.17, 15) is 14.4 Å². The van der Waals surface area contributed by atoms with Gasteiger partial charge in [-0.25, -0.2) is 0 Å². The molecule has 442 valence electrons. The Morgan fingerprint density at radius 3 is 0.733 bits per heavy atom. The minimum atomic E-state index is -0.768. The van der Waals surface area contributed by atoms with Crippen molar-refractivity contribution in [3.8, 4) is 0 Å². The van der Waals surface area contributed by atoms with Gasteiger partial charge in [0.15, 0.2) is 6.10 Å². The molecule has 0 fully saturated rings. The van der Waals surface area contributed by atoms with Crippen LogP contribution in [0.4, 0.5) is 0 Å². The largest absolute Gasteiger partial charge is 0.462 e. The Balaban J connectivity index is 4.28. The summed E-state index contributed by atoms with van der Waals surface area (Å²) in [6, 6.07) is 0. The van der Waals surface area contributed by atoms with E-state index in [4.69, 9.17) is 14.2 Å². The third kappa shape index (κ3) is 62.6. The minimum Gasteiger partial charge on any atom is -0.462 e. The zero-order chi connectivity index (χ0) is 54.3. The Labute approximate surface area is 468 Å². The van der Waals surface area contributed by atoms with Gasteiger partial charge in [0.25, 0.3) is 0 Å². The SMILES string of the molecule is CCCCCCC/C=C\C/C=C\CCCCCCCCCCCCCC(=O)OCC(COC(=O)CCCCCCCCCCCCCCCCCC)OC(=O)CCCCCCCCCCCCCCCCCCCC. The average molecular weight is 1060 g/mol. The molecule has 6 heteroatoms. The molecule has 0 heterocycles. The predicted octanol–water partition coefficient (Wildman–Crippen LogP) is 23.0. The van der Waals surface area contributed by atoms with Crippen LogP contribution < -0.4 is 0 Å². The van der Waals surface area contributed by atoms with Crippen LogP contribution in [-0.2, 0) is 28.6 Å². The first-order valence-corrected chi connectivity index (χ1v) is 33.8. The zero-order valence-corrected chi connectivity index (χ0v) is 50.8. The van der Waals surface area contributed by atoms with Gasteiger partial charge in [-0.2, -0.15) is 0 Å². The van der Waals surface area contributed by atoms with Crippen molar-refractivity contribution in [2.24, 2.45) is 0 Å². The number of unbranched alkanes of at least 4 members (excludes halogenated alkanes) is 48. The van der Waals surface area contributed by atoms with Crippen molar-refractivity contribution in [3.63, 3.8) is 0 Å². The van der Waals surface area contributed by atoms with Gasteiger partial charge >= 0.3 is 17.9 Å². The lowest BCUT2D eigenvalue weighted by atomic mass is 10.0. The molecule has 0 spiro atoms. The van der Waals surface area contributed by atoms with Crippen molar-refractivity contribution in [1.82, 2.24) is 0 Å². The molecule has 6 nitrogen and oxygen atoms in total. The molecule has 75 heavy (non-hydrogen) atoms. The van der Waals surface area contributed by atoms with E-state index in [1.54, 1.807) is 0 Å². The van der Waals surface area contributed by atoms with Crippen LogP contribution in [0.2, 0.25) is 0 Å². The normalized spacial score (nSPS) is 12.1. The van der Waals surface area contributed by atoms with Crippen LogP contribution in [-0.4, -0.2) is 37.2 Å². The Morgan fingerprint density at radius 2 is 0.480 bits per heavy atom. The van der Waals surface area contributed by atoms with Gasteiger partial charge in [0.1, 0.15) is 13.2 Å². The van der Waals surface area contributed by atoms with E-state index in [1.165, 1.54) is 276 Å². The maximum atomic E-state index is 12.9. The lowest BCUT2D eigenvalue weighted by molar-refractivity contribution is -0.167. The van der Waals surface area contributed by atoms with Gasteiger partial charge in [-0.3, -0.25) is 14.4 Å². The molecular formula is C69H130O6. The van der Waals surface area contributed by atoms with Gasteiger partial charge in [0.05, 0.1) is 0 Å². The third-order valence-electron chi connectivity index (χ3n) is 15.5. The Bertz CT molecular complexity index is 1210. The topological polar surface area (TPSA) is 78.9 Å². The summed E-state index contributed by atoms with van der Waals surface area (Å²) in [6.45, 7) is 6.71. The predicted molar refractivity (Wildman–Crippen MR) is 326 cm³/mol. The standard InChI is InChI=1S/C69H130O6/c1-4-7-10-13-16-19-22-25-28-31-33-34-35-36-37-39-41-44-47-50-53-56-59-62-68(71)74-65-66(64-73-67(70)61-58-55-52-49-46-43-40-30-27-24-21-18-15-12-9-6-3)75-69(72)63-60-57-54-51-48-45-42-38-32-29-26-23-20-17-14-11-8-5-2/h22,25,31,33,66H,4-21,23-24,26-30,32,34-65H2,1-3H3/b25-22-,33-31-. The summed E-state index contributed by atoms with van der Waals surface area (Å²) in [5.41, 5.74) is 0. The molecule has 1 atom stereocenters. The number of ether oxygens (including phenoxy) is 3. The van der Waals surface area contributed by atoms with Crippen molar-refractivity contribution < 1.29 is 28.6 Å². The fraction of sp³-hybridized carbons (Fsp3) is 0.899. The molecule has 0 N–H and O–H groups in total. The fourth-order valence-corrected chi connectivity index (χ4v) is 10.4. The zero-order valence-electron chi connectivity index (χ0n) is 50.8. The molecule has 0 saturated heterocycles. The molecule has 0 radical (unpaired) electrons. The average Bonchev–Trinajstić information content (AvgIpc) is 3.41. The molecular weight excluding hydrogens is 925 g/mol. The van der Waals surface area contributed by atoms with Crippen molar-refractivity contribution in [2.45, 2.75) is 386 Å². The van der Waals surface area contributed by atoms with E-state index in [1.807, 2.05) is 0 Å². The Morgan fingerprint density at radius 1 is 0.267 bits per heavy atom. The molecule has 0 aliphatic heterocycles. The lowest BCUT2D eigenvalue weighted by Gasteiger charge is -2.18. The number of carbonyl (C=O) groups excluding carboxylic acids is 3. The van der Waals surface area contributed by atoms with Gasteiger partial charge < -0.3 is 14.2 Å². The molecule has 0 aliphatic rings. The fourth-order valence-electron chi connectivity index (χ4n) is 10.4. The summed E-state index contributed by atoms with van der Waals surface area (Å²) >= 11 is 0. The van der Waals surface area contributed by atoms with E-state index < -0.39 is 6.10 Å². The number of hydrogen-bond donors (Lipinski definition) is 0. The maximum Gasteiger partial charge on any atom is 0.306 e. The molecule has 0 aromatic rings. The highest BCUT2D eigenvalue weighted by molar-refractivity contribution is 5.71. The molecule has 1 unspecified atom stereocenters. The van der Waals surface area contributed by atoms with Gasteiger partial charge in [0.2, 0.25) is 0 Å². The van der Waals surface area contributed by atoms with Crippen molar-refractivity contribution in [3.05, 3.63) is 24.3 Å². The van der Waals surface area contributed by atoms with Crippen LogP contribution >= 0.6 is 0 Å².